The molecule has 2 aliphatic heterocycles. The molecule has 122 valence electrons. The van der Waals surface area contributed by atoms with Crippen LogP contribution in [0.4, 0.5) is 0 Å². The van der Waals surface area contributed by atoms with Gasteiger partial charge in [-0.3, -0.25) is 9.59 Å². The summed E-state index contributed by atoms with van der Waals surface area (Å²) >= 11 is 0. The number of ether oxygens (including phenoxy) is 1. The molecular formula is C16H18N2O5. The van der Waals surface area contributed by atoms with Crippen molar-refractivity contribution < 1.29 is 24.2 Å². The number of para-hydroxylation sites is 1. The van der Waals surface area contributed by atoms with E-state index in [1.807, 2.05) is 0 Å². The summed E-state index contributed by atoms with van der Waals surface area (Å²) in [6.45, 7) is 1.70. The summed E-state index contributed by atoms with van der Waals surface area (Å²) in [6.07, 6.45) is 0.783. The van der Waals surface area contributed by atoms with Crippen LogP contribution in [0, 0.1) is 0 Å². The molecule has 0 unspecified atom stereocenters. The predicted octanol–water partition coefficient (Wildman–Crippen LogP) is 0.991. The minimum Gasteiger partial charge on any atom is -0.480 e. The highest BCUT2D eigenvalue weighted by molar-refractivity contribution is 5.98. The molecule has 1 aromatic rings. The van der Waals surface area contributed by atoms with Gasteiger partial charge in [-0.25, -0.2) is 4.79 Å². The minimum absolute atomic E-state index is 0.125. The van der Waals surface area contributed by atoms with Crippen molar-refractivity contribution >= 4 is 17.8 Å². The summed E-state index contributed by atoms with van der Waals surface area (Å²) < 4.78 is 5.99. The molecule has 23 heavy (non-hydrogen) atoms. The molecule has 2 atom stereocenters. The molecule has 0 bridgehead atoms. The first-order valence-electron chi connectivity index (χ1n) is 7.55. The first kappa shape index (κ1) is 15.3. The lowest BCUT2D eigenvalue weighted by atomic mass is 10.0. The van der Waals surface area contributed by atoms with E-state index in [2.05, 4.69) is 5.32 Å². The Balaban J connectivity index is 1.84. The zero-order chi connectivity index (χ0) is 16.6. The number of fused-ring (bicyclic) bond motifs is 1. The van der Waals surface area contributed by atoms with Gasteiger partial charge in [0.1, 0.15) is 11.8 Å². The molecule has 3 rings (SSSR count). The highest BCUT2D eigenvalue weighted by Gasteiger charge is 2.43. The van der Waals surface area contributed by atoms with Gasteiger partial charge in [0.15, 0.2) is 5.72 Å². The maximum absolute atomic E-state index is 12.3. The molecule has 1 fully saturated rings. The van der Waals surface area contributed by atoms with Crippen molar-refractivity contribution in [2.24, 2.45) is 0 Å². The molecule has 2 aliphatic rings. The standard InChI is InChI=1S/C16H18N2O5/c1-10(15(21)22)18-9-8-16(7-6-13(18)19)17-14(20)11-4-2-3-5-12(11)23-16/h2-5,10H,6-9H2,1H3,(H,17,20)(H,21,22)/t10-,16+/m0/s1. The number of rotatable bonds is 2. The quantitative estimate of drug-likeness (QED) is 0.848. The molecular weight excluding hydrogens is 300 g/mol. The van der Waals surface area contributed by atoms with E-state index in [9.17, 15) is 14.4 Å². The smallest absolute Gasteiger partial charge is 0.326 e. The van der Waals surface area contributed by atoms with Crippen molar-refractivity contribution in [1.29, 1.82) is 0 Å². The molecule has 0 saturated carbocycles. The summed E-state index contributed by atoms with van der Waals surface area (Å²) in [4.78, 5) is 37.0. The number of amides is 2. The molecule has 2 heterocycles. The summed E-state index contributed by atoms with van der Waals surface area (Å²) in [5.74, 6) is -1.04. The van der Waals surface area contributed by atoms with Crippen molar-refractivity contribution in [2.75, 3.05) is 6.54 Å². The molecule has 1 saturated heterocycles. The largest absolute Gasteiger partial charge is 0.480 e. The van der Waals surface area contributed by atoms with Crippen LogP contribution in [-0.4, -0.2) is 46.1 Å². The van der Waals surface area contributed by atoms with E-state index in [-0.39, 0.29) is 24.8 Å². The number of carbonyl (C=O) groups excluding carboxylic acids is 2. The van der Waals surface area contributed by atoms with E-state index < -0.39 is 17.7 Å². The van der Waals surface area contributed by atoms with Crippen LogP contribution in [0.5, 0.6) is 5.75 Å². The van der Waals surface area contributed by atoms with Gasteiger partial charge in [-0.1, -0.05) is 12.1 Å². The van der Waals surface area contributed by atoms with Gasteiger partial charge in [-0.15, -0.1) is 0 Å². The molecule has 1 aromatic carbocycles. The Kier molecular flexibility index (Phi) is 3.71. The molecule has 1 spiro atoms. The van der Waals surface area contributed by atoms with Crippen LogP contribution in [-0.2, 0) is 9.59 Å². The average molecular weight is 318 g/mol. The van der Waals surface area contributed by atoms with E-state index in [0.29, 0.717) is 24.2 Å². The van der Waals surface area contributed by atoms with Crippen molar-refractivity contribution in [3.8, 4) is 5.75 Å². The Morgan fingerprint density at radius 1 is 1.35 bits per heavy atom. The van der Waals surface area contributed by atoms with Gasteiger partial charge in [-0.05, 0) is 19.1 Å². The Morgan fingerprint density at radius 2 is 2.09 bits per heavy atom. The van der Waals surface area contributed by atoms with Gasteiger partial charge in [0.05, 0.1) is 5.56 Å². The van der Waals surface area contributed by atoms with E-state index in [4.69, 9.17) is 9.84 Å². The molecule has 7 nitrogen and oxygen atoms in total. The summed E-state index contributed by atoms with van der Waals surface area (Å²) in [7, 11) is 0. The highest BCUT2D eigenvalue weighted by atomic mass is 16.5. The Hall–Kier alpha value is -2.57. The second-order valence-electron chi connectivity index (χ2n) is 5.90. The first-order chi connectivity index (χ1) is 10.9. The maximum Gasteiger partial charge on any atom is 0.326 e. The van der Waals surface area contributed by atoms with Crippen LogP contribution < -0.4 is 10.1 Å². The van der Waals surface area contributed by atoms with E-state index in [1.165, 1.54) is 11.8 Å². The number of hydrogen-bond acceptors (Lipinski definition) is 4. The highest BCUT2D eigenvalue weighted by Crippen LogP contribution is 2.33. The minimum atomic E-state index is -1.05. The monoisotopic (exact) mass is 318 g/mol. The number of benzene rings is 1. The third kappa shape index (κ3) is 2.74. The Labute approximate surface area is 133 Å². The molecule has 0 radical (unpaired) electrons. The SMILES string of the molecule is C[C@@H](C(=O)O)N1CC[C@]2(CCC1=O)NC(=O)c1ccccc1O2. The third-order valence-corrected chi connectivity index (χ3v) is 4.42. The van der Waals surface area contributed by atoms with Crippen molar-refractivity contribution in [3.05, 3.63) is 29.8 Å². The summed E-state index contributed by atoms with van der Waals surface area (Å²) in [5.41, 5.74) is -0.502. The van der Waals surface area contributed by atoms with Gasteiger partial charge >= 0.3 is 5.97 Å². The summed E-state index contributed by atoms with van der Waals surface area (Å²) in [5, 5.41) is 12.0. The number of carboxylic acid groups (broad SMARTS) is 1. The summed E-state index contributed by atoms with van der Waals surface area (Å²) in [6, 6.07) is 6.04. The van der Waals surface area contributed by atoms with Gasteiger partial charge in [0.25, 0.3) is 5.91 Å². The van der Waals surface area contributed by atoms with E-state index in [0.717, 1.165) is 0 Å². The van der Waals surface area contributed by atoms with Crippen LogP contribution in [0.2, 0.25) is 0 Å². The zero-order valence-electron chi connectivity index (χ0n) is 12.7. The van der Waals surface area contributed by atoms with Crippen molar-refractivity contribution in [3.63, 3.8) is 0 Å². The van der Waals surface area contributed by atoms with Gasteiger partial charge in [0.2, 0.25) is 5.91 Å². The average Bonchev–Trinajstić information content (AvgIpc) is 2.67. The fraction of sp³-hybridized carbons (Fsp3) is 0.438. The molecule has 2 N–H and O–H groups in total. The topological polar surface area (TPSA) is 95.9 Å². The van der Waals surface area contributed by atoms with E-state index in [1.54, 1.807) is 24.3 Å². The molecule has 7 heteroatoms. The molecule has 0 aliphatic carbocycles. The second-order valence-corrected chi connectivity index (χ2v) is 5.90. The number of nitrogens with one attached hydrogen (secondary N) is 1. The number of likely N-dealkylation sites (tertiary alicyclic amines) is 1. The van der Waals surface area contributed by atoms with Crippen LogP contribution in [0.3, 0.4) is 0 Å². The fourth-order valence-corrected chi connectivity index (χ4v) is 3.03. The number of nitrogens with zero attached hydrogens (tertiary/aromatic N) is 1. The Morgan fingerprint density at radius 3 is 2.83 bits per heavy atom. The normalized spacial score (nSPS) is 25.2. The number of aliphatic carboxylic acids is 1. The molecule has 2 amide bonds. The third-order valence-electron chi connectivity index (χ3n) is 4.42. The Bertz CT molecular complexity index is 674. The van der Waals surface area contributed by atoms with E-state index >= 15 is 0 Å². The predicted molar refractivity (Wildman–Crippen MR) is 79.9 cm³/mol. The van der Waals surface area contributed by atoms with Crippen molar-refractivity contribution in [2.45, 2.75) is 38.0 Å². The van der Waals surface area contributed by atoms with Gasteiger partial charge in [-0.2, -0.15) is 0 Å². The molecule has 0 aromatic heterocycles. The van der Waals surface area contributed by atoms with Crippen LogP contribution in [0.25, 0.3) is 0 Å². The second kappa shape index (κ2) is 5.57. The number of carbonyl (C=O) groups is 3. The first-order valence-corrected chi connectivity index (χ1v) is 7.55. The zero-order valence-corrected chi connectivity index (χ0v) is 12.7. The lowest BCUT2D eigenvalue weighted by molar-refractivity contribution is -0.149. The lowest BCUT2D eigenvalue weighted by Crippen LogP contribution is -2.56. The fourth-order valence-electron chi connectivity index (χ4n) is 3.03. The number of carboxylic acids is 1. The lowest BCUT2D eigenvalue weighted by Gasteiger charge is -2.38. The van der Waals surface area contributed by atoms with Crippen LogP contribution in [0.1, 0.15) is 36.5 Å². The maximum atomic E-state index is 12.3. The van der Waals surface area contributed by atoms with Gasteiger partial charge in [0, 0.05) is 25.8 Å². The number of hydrogen-bond donors (Lipinski definition) is 2. The van der Waals surface area contributed by atoms with Crippen molar-refractivity contribution in [1.82, 2.24) is 10.2 Å². The van der Waals surface area contributed by atoms with Crippen LogP contribution >= 0.6 is 0 Å². The van der Waals surface area contributed by atoms with Gasteiger partial charge < -0.3 is 20.1 Å². The van der Waals surface area contributed by atoms with Crippen LogP contribution in [0.15, 0.2) is 24.3 Å².